The zero-order chi connectivity index (χ0) is 25.8. The molecule has 0 saturated carbocycles. The van der Waals surface area contributed by atoms with Crippen molar-refractivity contribution in [2.24, 2.45) is 0 Å². The molecule has 6 nitrogen and oxygen atoms in total. The molecule has 188 valence electrons. The van der Waals surface area contributed by atoms with Gasteiger partial charge in [-0.25, -0.2) is 13.8 Å². The van der Waals surface area contributed by atoms with Crippen LogP contribution in [0.2, 0.25) is 0 Å². The number of hydrogen-bond donors (Lipinski definition) is 1. The standard InChI is InChI=1S/C29H27F2N5O/c1-34-12-14-35(15-13-34)20-23-5-8-25(17-24(23)18-30)33-29(37)22-7-10-27(31)21(16-22)6-9-26-19-32-28-4-2-3-11-36(26)28/h2-5,7-8,10-11,16-17,19H,12-15,18,20H2,1H3,(H,33,37). The molecule has 0 spiro atoms. The van der Waals surface area contributed by atoms with E-state index in [1.54, 1.807) is 22.7 Å². The summed E-state index contributed by atoms with van der Waals surface area (Å²) in [5.41, 5.74) is 3.66. The molecule has 4 aromatic rings. The van der Waals surface area contributed by atoms with E-state index in [1.165, 1.54) is 18.2 Å². The number of nitrogens with one attached hydrogen (secondary N) is 1. The summed E-state index contributed by atoms with van der Waals surface area (Å²) in [6.45, 7) is 3.91. The molecule has 1 aliphatic heterocycles. The molecule has 0 atom stereocenters. The molecular formula is C29H27F2N5O. The summed E-state index contributed by atoms with van der Waals surface area (Å²) >= 11 is 0. The summed E-state index contributed by atoms with van der Waals surface area (Å²) in [7, 11) is 2.10. The minimum absolute atomic E-state index is 0.102. The molecule has 1 aliphatic rings. The Morgan fingerprint density at radius 3 is 2.68 bits per heavy atom. The van der Waals surface area contributed by atoms with Gasteiger partial charge in [0.05, 0.1) is 11.8 Å². The monoisotopic (exact) mass is 499 g/mol. The van der Waals surface area contributed by atoms with Gasteiger partial charge in [-0.2, -0.15) is 0 Å². The number of rotatable bonds is 5. The van der Waals surface area contributed by atoms with Crippen LogP contribution in [0.25, 0.3) is 5.65 Å². The maximum absolute atomic E-state index is 14.5. The van der Waals surface area contributed by atoms with E-state index >= 15 is 0 Å². The van der Waals surface area contributed by atoms with Gasteiger partial charge in [0.2, 0.25) is 0 Å². The van der Waals surface area contributed by atoms with E-state index in [0.717, 1.165) is 37.4 Å². The van der Waals surface area contributed by atoms with Crippen molar-refractivity contribution in [3.8, 4) is 11.8 Å². The topological polar surface area (TPSA) is 52.9 Å². The fourth-order valence-electron chi connectivity index (χ4n) is 4.35. The lowest BCUT2D eigenvalue weighted by Crippen LogP contribution is -2.44. The Labute approximate surface area is 214 Å². The Kier molecular flexibility index (Phi) is 7.26. The summed E-state index contributed by atoms with van der Waals surface area (Å²) in [5, 5.41) is 2.80. The number of imidazole rings is 1. The van der Waals surface area contributed by atoms with Crippen molar-refractivity contribution in [2.75, 3.05) is 38.5 Å². The molecule has 0 bridgehead atoms. The minimum Gasteiger partial charge on any atom is -0.322 e. The van der Waals surface area contributed by atoms with Crippen LogP contribution >= 0.6 is 0 Å². The third-order valence-corrected chi connectivity index (χ3v) is 6.57. The van der Waals surface area contributed by atoms with Crippen molar-refractivity contribution >= 4 is 17.2 Å². The van der Waals surface area contributed by atoms with Gasteiger partial charge in [0.25, 0.3) is 5.91 Å². The van der Waals surface area contributed by atoms with Crippen molar-refractivity contribution in [1.29, 1.82) is 0 Å². The van der Waals surface area contributed by atoms with Crippen molar-refractivity contribution in [2.45, 2.75) is 13.2 Å². The number of carbonyl (C=O) groups excluding carboxylic acids is 1. The number of fused-ring (bicyclic) bond motifs is 1. The van der Waals surface area contributed by atoms with Gasteiger partial charge in [-0.3, -0.25) is 14.1 Å². The highest BCUT2D eigenvalue weighted by Gasteiger charge is 2.16. The Balaban J connectivity index is 1.31. The molecule has 0 radical (unpaired) electrons. The van der Waals surface area contributed by atoms with Crippen molar-refractivity contribution in [3.63, 3.8) is 0 Å². The van der Waals surface area contributed by atoms with Crippen LogP contribution in [0.15, 0.2) is 67.0 Å². The average Bonchev–Trinajstić information content (AvgIpc) is 3.33. The zero-order valence-electron chi connectivity index (χ0n) is 20.5. The van der Waals surface area contributed by atoms with Crippen LogP contribution in [-0.2, 0) is 13.2 Å². The van der Waals surface area contributed by atoms with Gasteiger partial charge in [0.15, 0.2) is 0 Å². The van der Waals surface area contributed by atoms with Gasteiger partial charge in [0, 0.05) is 50.2 Å². The number of aromatic nitrogens is 2. The smallest absolute Gasteiger partial charge is 0.255 e. The number of pyridine rings is 1. The third kappa shape index (κ3) is 5.69. The number of anilines is 1. The molecule has 37 heavy (non-hydrogen) atoms. The molecule has 2 aromatic heterocycles. The number of halogens is 2. The first-order valence-electron chi connectivity index (χ1n) is 12.1. The molecule has 2 aromatic carbocycles. The molecule has 1 amide bonds. The van der Waals surface area contributed by atoms with Crippen LogP contribution in [0, 0.1) is 17.7 Å². The molecule has 0 unspecified atom stereocenters. The first-order valence-corrected chi connectivity index (χ1v) is 12.1. The maximum atomic E-state index is 14.5. The molecule has 8 heteroatoms. The van der Waals surface area contributed by atoms with E-state index in [0.29, 0.717) is 23.5 Å². The van der Waals surface area contributed by atoms with E-state index in [1.807, 2.05) is 30.5 Å². The SMILES string of the molecule is CN1CCN(Cc2ccc(NC(=O)c3ccc(F)c(C#Cc4cnc5ccccn45)c3)cc2CF)CC1. The Bertz CT molecular complexity index is 1500. The lowest BCUT2D eigenvalue weighted by atomic mass is 10.1. The number of hydrogen-bond acceptors (Lipinski definition) is 4. The first kappa shape index (κ1) is 24.6. The maximum Gasteiger partial charge on any atom is 0.255 e. The summed E-state index contributed by atoms with van der Waals surface area (Å²) in [6, 6.07) is 14.9. The van der Waals surface area contributed by atoms with Crippen molar-refractivity contribution < 1.29 is 13.6 Å². The molecular weight excluding hydrogens is 472 g/mol. The fourth-order valence-corrected chi connectivity index (χ4v) is 4.35. The Morgan fingerprint density at radius 1 is 1.03 bits per heavy atom. The van der Waals surface area contributed by atoms with Crippen LogP contribution in [0.3, 0.4) is 0 Å². The number of piperazine rings is 1. The normalized spacial score (nSPS) is 14.4. The highest BCUT2D eigenvalue weighted by atomic mass is 19.1. The average molecular weight is 500 g/mol. The molecule has 1 saturated heterocycles. The van der Waals surface area contributed by atoms with E-state index in [4.69, 9.17) is 0 Å². The summed E-state index contributed by atoms with van der Waals surface area (Å²) in [6.07, 6.45) is 3.45. The lowest BCUT2D eigenvalue weighted by molar-refractivity contribution is 0.102. The highest BCUT2D eigenvalue weighted by molar-refractivity contribution is 6.04. The molecule has 0 aliphatic carbocycles. The zero-order valence-corrected chi connectivity index (χ0v) is 20.5. The molecule has 3 heterocycles. The second-order valence-corrected chi connectivity index (χ2v) is 9.17. The minimum atomic E-state index is -0.619. The summed E-state index contributed by atoms with van der Waals surface area (Å²) in [4.78, 5) is 21.8. The summed E-state index contributed by atoms with van der Waals surface area (Å²) in [5.74, 6) is 4.79. The molecule has 5 rings (SSSR count). The van der Waals surface area contributed by atoms with Gasteiger partial charge < -0.3 is 10.2 Å². The number of likely N-dealkylation sites (N-methyl/N-ethyl adjacent to an activating group) is 1. The van der Waals surface area contributed by atoms with Gasteiger partial charge in [-0.1, -0.05) is 18.1 Å². The predicted molar refractivity (Wildman–Crippen MR) is 140 cm³/mol. The predicted octanol–water partition coefficient (Wildman–Crippen LogP) is 4.34. The van der Waals surface area contributed by atoms with E-state index in [2.05, 4.69) is 39.0 Å². The Morgan fingerprint density at radius 2 is 1.86 bits per heavy atom. The van der Waals surface area contributed by atoms with Crippen molar-refractivity contribution in [3.05, 3.63) is 101 Å². The van der Waals surface area contributed by atoms with Crippen LogP contribution in [0.5, 0.6) is 0 Å². The number of amides is 1. The number of alkyl halides is 1. The van der Waals surface area contributed by atoms with E-state index in [-0.39, 0.29) is 11.1 Å². The third-order valence-electron chi connectivity index (χ3n) is 6.57. The van der Waals surface area contributed by atoms with Gasteiger partial charge in [-0.05, 0) is 66.6 Å². The largest absolute Gasteiger partial charge is 0.322 e. The van der Waals surface area contributed by atoms with Crippen molar-refractivity contribution in [1.82, 2.24) is 19.2 Å². The Hall–Kier alpha value is -4.06. The second-order valence-electron chi connectivity index (χ2n) is 9.17. The quantitative estimate of drug-likeness (QED) is 0.415. The molecule has 1 fully saturated rings. The van der Waals surface area contributed by atoms with Crippen LogP contribution in [0.4, 0.5) is 14.5 Å². The second kappa shape index (κ2) is 10.9. The number of carbonyl (C=O) groups is 1. The number of benzene rings is 2. The number of nitrogens with zero attached hydrogens (tertiary/aromatic N) is 4. The van der Waals surface area contributed by atoms with Crippen LogP contribution < -0.4 is 5.32 Å². The molecule has 1 N–H and O–H groups in total. The van der Waals surface area contributed by atoms with E-state index < -0.39 is 18.4 Å². The van der Waals surface area contributed by atoms with Gasteiger partial charge in [0.1, 0.15) is 23.8 Å². The van der Waals surface area contributed by atoms with E-state index in [9.17, 15) is 13.6 Å². The fraction of sp³-hybridized carbons (Fsp3) is 0.241. The van der Waals surface area contributed by atoms with Gasteiger partial charge in [-0.15, -0.1) is 0 Å². The lowest BCUT2D eigenvalue weighted by Gasteiger charge is -2.32. The van der Waals surface area contributed by atoms with Crippen LogP contribution in [-0.4, -0.2) is 58.3 Å². The highest BCUT2D eigenvalue weighted by Crippen LogP contribution is 2.21. The first-order chi connectivity index (χ1) is 18.0. The summed E-state index contributed by atoms with van der Waals surface area (Å²) < 4.78 is 30.1. The van der Waals surface area contributed by atoms with Gasteiger partial charge >= 0.3 is 0 Å². The van der Waals surface area contributed by atoms with Crippen LogP contribution in [0.1, 0.15) is 32.7 Å².